The van der Waals surface area contributed by atoms with E-state index >= 15 is 0 Å². The van der Waals surface area contributed by atoms with Crippen LogP contribution in [-0.4, -0.2) is 29.1 Å². The van der Waals surface area contributed by atoms with Gasteiger partial charge in [-0.25, -0.2) is 4.98 Å². The van der Waals surface area contributed by atoms with Crippen LogP contribution in [0.2, 0.25) is 0 Å². The molecule has 0 aliphatic carbocycles. The minimum absolute atomic E-state index is 0.106. The van der Waals surface area contributed by atoms with Gasteiger partial charge >= 0.3 is 0 Å². The number of H-pyrrole nitrogens is 1. The molecular formula is C9H14N4O. The van der Waals surface area contributed by atoms with Crippen LogP contribution in [0.15, 0.2) is 10.9 Å². The third kappa shape index (κ3) is 2.11. The van der Waals surface area contributed by atoms with E-state index in [4.69, 9.17) is 0 Å². The first kappa shape index (κ1) is 9.21. The number of hydrogen-bond donors (Lipinski definition) is 3. The number of anilines is 1. The van der Waals surface area contributed by atoms with Crippen LogP contribution in [0.1, 0.15) is 12.1 Å². The highest BCUT2D eigenvalue weighted by Gasteiger charge is 2.14. The van der Waals surface area contributed by atoms with Crippen LogP contribution in [0.3, 0.4) is 0 Å². The van der Waals surface area contributed by atoms with Crippen molar-refractivity contribution in [2.24, 2.45) is 0 Å². The van der Waals surface area contributed by atoms with Crippen LogP contribution in [-0.2, 0) is 0 Å². The van der Waals surface area contributed by atoms with Crippen molar-refractivity contribution in [3.8, 4) is 0 Å². The number of aryl methyl sites for hydroxylation is 1. The lowest BCUT2D eigenvalue weighted by atomic mass is 10.3. The summed E-state index contributed by atoms with van der Waals surface area (Å²) >= 11 is 0. The lowest BCUT2D eigenvalue weighted by Crippen LogP contribution is -2.25. The average molecular weight is 194 g/mol. The van der Waals surface area contributed by atoms with Gasteiger partial charge < -0.3 is 10.6 Å². The van der Waals surface area contributed by atoms with Crippen LogP contribution < -0.4 is 16.2 Å². The number of rotatable bonds is 2. The molecule has 14 heavy (non-hydrogen) atoms. The highest BCUT2D eigenvalue weighted by atomic mass is 16.1. The van der Waals surface area contributed by atoms with Crippen molar-refractivity contribution < 1.29 is 0 Å². The molecule has 1 aliphatic heterocycles. The second-order valence-electron chi connectivity index (χ2n) is 3.57. The fourth-order valence-electron chi connectivity index (χ4n) is 1.62. The minimum atomic E-state index is -0.106. The Morgan fingerprint density at radius 1 is 1.64 bits per heavy atom. The molecule has 1 aliphatic rings. The van der Waals surface area contributed by atoms with Crippen molar-refractivity contribution in [2.75, 3.05) is 18.4 Å². The van der Waals surface area contributed by atoms with E-state index in [0.717, 1.165) is 25.2 Å². The average Bonchev–Trinajstić information content (AvgIpc) is 2.54. The van der Waals surface area contributed by atoms with Crippen molar-refractivity contribution in [2.45, 2.75) is 19.4 Å². The maximum atomic E-state index is 11.1. The molecule has 1 aromatic heterocycles. The largest absolute Gasteiger partial charge is 0.352 e. The van der Waals surface area contributed by atoms with E-state index in [1.165, 1.54) is 6.07 Å². The lowest BCUT2D eigenvalue weighted by molar-refractivity contribution is 0.777. The molecule has 76 valence electrons. The third-order valence-electron chi connectivity index (χ3n) is 2.27. The summed E-state index contributed by atoms with van der Waals surface area (Å²) in [6.45, 7) is 3.76. The highest BCUT2D eigenvalue weighted by Crippen LogP contribution is 2.04. The van der Waals surface area contributed by atoms with Gasteiger partial charge in [0.15, 0.2) is 0 Å². The van der Waals surface area contributed by atoms with Gasteiger partial charge in [-0.05, 0) is 19.9 Å². The molecule has 0 spiro atoms. The molecule has 0 bridgehead atoms. The summed E-state index contributed by atoms with van der Waals surface area (Å²) in [5.74, 6) is 0.573. The fourth-order valence-corrected chi connectivity index (χ4v) is 1.62. The quantitative estimate of drug-likeness (QED) is 0.612. The molecule has 1 aromatic rings. The summed E-state index contributed by atoms with van der Waals surface area (Å²) in [6.07, 6.45) is 1.07. The van der Waals surface area contributed by atoms with E-state index in [2.05, 4.69) is 20.6 Å². The van der Waals surface area contributed by atoms with Crippen molar-refractivity contribution >= 4 is 5.95 Å². The summed E-state index contributed by atoms with van der Waals surface area (Å²) in [6, 6.07) is 1.86. The summed E-state index contributed by atoms with van der Waals surface area (Å²) < 4.78 is 0. The number of aromatic nitrogens is 2. The number of aromatic amines is 1. The zero-order valence-corrected chi connectivity index (χ0v) is 8.13. The molecule has 1 unspecified atom stereocenters. The van der Waals surface area contributed by atoms with E-state index in [1.807, 2.05) is 6.92 Å². The standard InChI is InChI=1S/C9H14N4O/c1-6-4-8(14)13-9(11-6)12-7-2-3-10-5-7/h4,7,10H,2-3,5H2,1H3,(H2,11,12,13,14). The van der Waals surface area contributed by atoms with Gasteiger partial charge in [-0.3, -0.25) is 9.78 Å². The second kappa shape index (κ2) is 3.79. The Morgan fingerprint density at radius 2 is 2.50 bits per heavy atom. The van der Waals surface area contributed by atoms with Gasteiger partial charge in [-0.2, -0.15) is 0 Å². The molecule has 0 radical (unpaired) electrons. The molecule has 3 N–H and O–H groups in total. The zero-order valence-electron chi connectivity index (χ0n) is 8.13. The topological polar surface area (TPSA) is 69.8 Å². The van der Waals surface area contributed by atoms with Crippen LogP contribution in [0.4, 0.5) is 5.95 Å². The summed E-state index contributed by atoms with van der Waals surface area (Å²) in [7, 11) is 0. The van der Waals surface area contributed by atoms with Crippen molar-refractivity contribution in [1.82, 2.24) is 15.3 Å². The van der Waals surface area contributed by atoms with Crippen LogP contribution in [0.5, 0.6) is 0 Å². The first-order valence-electron chi connectivity index (χ1n) is 4.79. The van der Waals surface area contributed by atoms with E-state index in [9.17, 15) is 4.79 Å². The van der Waals surface area contributed by atoms with Gasteiger partial charge in [0.05, 0.1) is 0 Å². The molecule has 1 atom stereocenters. The van der Waals surface area contributed by atoms with E-state index in [-0.39, 0.29) is 5.56 Å². The first-order chi connectivity index (χ1) is 6.74. The fraction of sp³-hybridized carbons (Fsp3) is 0.556. The normalized spacial score (nSPS) is 21.1. The van der Waals surface area contributed by atoms with Gasteiger partial charge in [0.25, 0.3) is 5.56 Å². The summed E-state index contributed by atoms with van der Waals surface area (Å²) in [5.41, 5.74) is 0.633. The lowest BCUT2D eigenvalue weighted by Gasteiger charge is -2.11. The SMILES string of the molecule is Cc1cc(=O)[nH]c(NC2CCNC2)n1. The van der Waals surface area contributed by atoms with Crippen LogP contribution >= 0.6 is 0 Å². The number of nitrogens with one attached hydrogen (secondary N) is 3. The number of nitrogens with zero attached hydrogens (tertiary/aromatic N) is 1. The molecule has 1 saturated heterocycles. The monoisotopic (exact) mass is 194 g/mol. The molecule has 5 nitrogen and oxygen atoms in total. The Morgan fingerprint density at radius 3 is 3.14 bits per heavy atom. The van der Waals surface area contributed by atoms with Gasteiger partial charge in [0, 0.05) is 24.3 Å². The smallest absolute Gasteiger partial charge is 0.252 e. The minimum Gasteiger partial charge on any atom is -0.352 e. The van der Waals surface area contributed by atoms with Gasteiger partial charge in [-0.15, -0.1) is 0 Å². The predicted octanol–water partition coefficient (Wildman–Crippen LogP) is -0.148. The molecular weight excluding hydrogens is 180 g/mol. The predicted molar refractivity (Wildman–Crippen MR) is 54.5 cm³/mol. The Labute approximate surface area is 82.0 Å². The molecule has 5 heteroatoms. The van der Waals surface area contributed by atoms with E-state index in [0.29, 0.717) is 12.0 Å². The molecule has 1 fully saturated rings. The van der Waals surface area contributed by atoms with Crippen molar-refractivity contribution in [3.63, 3.8) is 0 Å². The zero-order chi connectivity index (χ0) is 9.97. The maximum Gasteiger partial charge on any atom is 0.252 e. The van der Waals surface area contributed by atoms with Gasteiger partial charge in [0.1, 0.15) is 0 Å². The third-order valence-corrected chi connectivity index (χ3v) is 2.27. The van der Waals surface area contributed by atoms with Crippen molar-refractivity contribution in [1.29, 1.82) is 0 Å². The Hall–Kier alpha value is -1.36. The van der Waals surface area contributed by atoms with E-state index < -0.39 is 0 Å². The Kier molecular flexibility index (Phi) is 2.49. The van der Waals surface area contributed by atoms with Crippen LogP contribution in [0.25, 0.3) is 0 Å². The summed E-state index contributed by atoms with van der Waals surface area (Å²) in [5, 5.41) is 6.43. The summed E-state index contributed by atoms with van der Waals surface area (Å²) in [4.78, 5) is 18.0. The molecule has 0 aromatic carbocycles. The molecule has 2 heterocycles. The molecule has 0 saturated carbocycles. The highest BCUT2D eigenvalue weighted by molar-refractivity contribution is 5.27. The second-order valence-corrected chi connectivity index (χ2v) is 3.57. The van der Waals surface area contributed by atoms with Gasteiger partial charge in [-0.1, -0.05) is 0 Å². The first-order valence-corrected chi connectivity index (χ1v) is 4.79. The molecule has 0 amide bonds. The molecule has 2 rings (SSSR count). The van der Waals surface area contributed by atoms with Crippen LogP contribution in [0, 0.1) is 6.92 Å². The Balaban J connectivity index is 2.11. The number of hydrogen-bond acceptors (Lipinski definition) is 4. The maximum absolute atomic E-state index is 11.1. The Bertz CT molecular complexity index is 367. The van der Waals surface area contributed by atoms with Crippen molar-refractivity contribution in [3.05, 3.63) is 22.1 Å². The van der Waals surface area contributed by atoms with E-state index in [1.54, 1.807) is 0 Å². The van der Waals surface area contributed by atoms with Gasteiger partial charge in [0.2, 0.25) is 5.95 Å².